The van der Waals surface area contributed by atoms with Crippen LogP contribution in [-0.4, -0.2) is 24.6 Å². The molecule has 0 bridgehead atoms. The fourth-order valence-corrected chi connectivity index (χ4v) is 4.13. The van der Waals surface area contributed by atoms with Gasteiger partial charge in [0.25, 0.3) is 5.91 Å². The molecule has 5 nitrogen and oxygen atoms in total. The number of hydrogen-bond acceptors (Lipinski definition) is 5. The van der Waals surface area contributed by atoms with Gasteiger partial charge in [0.2, 0.25) is 0 Å². The molecule has 0 saturated heterocycles. The van der Waals surface area contributed by atoms with Gasteiger partial charge in [-0.1, -0.05) is 24.3 Å². The van der Waals surface area contributed by atoms with Crippen LogP contribution in [0.4, 0.5) is 5.13 Å². The summed E-state index contributed by atoms with van der Waals surface area (Å²) in [5.74, 6) is 0.880. The van der Waals surface area contributed by atoms with Gasteiger partial charge in [-0.25, -0.2) is 4.98 Å². The topological polar surface area (TPSA) is 60.5 Å². The molecule has 0 spiro atoms. The molecule has 6 heteroatoms. The molecule has 1 heterocycles. The molecule has 144 valence electrons. The van der Waals surface area contributed by atoms with Crippen LogP contribution in [0.2, 0.25) is 0 Å². The Morgan fingerprint density at radius 1 is 1.11 bits per heavy atom. The number of nitrogens with one attached hydrogen (secondary N) is 1. The van der Waals surface area contributed by atoms with Crippen molar-refractivity contribution in [2.75, 3.05) is 19.0 Å². The number of carbonyl (C=O) groups is 1. The minimum atomic E-state index is -0.253. The van der Waals surface area contributed by atoms with E-state index >= 15 is 0 Å². The Labute approximate surface area is 168 Å². The average molecular weight is 394 g/mol. The van der Waals surface area contributed by atoms with Crippen molar-refractivity contribution in [3.8, 4) is 22.8 Å². The molecule has 1 N–H and O–H groups in total. The average Bonchev–Trinajstić information content (AvgIpc) is 3.20. The third-order valence-electron chi connectivity index (χ3n) is 4.82. The summed E-state index contributed by atoms with van der Waals surface area (Å²) in [5.41, 5.74) is 4.86. The first-order chi connectivity index (χ1) is 13.7. The zero-order valence-corrected chi connectivity index (χ0v) is 16.6. The highest BCUT2D eigenvalue weighted by atomic mass is 32.1. The number of rotatable bonds is 6. The van der Waals surface area contributed by atoms with Crippen LogP contribution in [0.1, 0.15) is 24.0 Å². The number of fused-ring (bicyclic) bond motifs is 1. The van der Waals surface area contributed by atoms with Gasteiger partial charge in [-0.3, -0.25) is 10.1 Å². The van der Waals surface area contributed by atoms with Gasteiger partial charge >= 0.3 is 0 Å². The number of ether oxygens (including phenoxy) is 2. The number of para-hydroxylation sites is 2. The lowest BCUT2D eigenvalue weighted by Crippen LogP contribution is -2.20. The fraction of sp³-hybridized carbons (Fsp3) is 0.273. The van der Waals surface area contributed by atoms with Crippen molar-refractivity contribution in [1.29, 1.82) is 0 Å². The Morgan fingerprint density at radius 2 is 1.89 bits per heavy atom. The van der Waals surface area contributed by atoms with E-state index in [0.29, 0.717) is 16.6 Å². The highest BCUT2D eigenvalue weighted by Gasteiger charge is 2.13. The summed E-state index contributed by atoms with van der Waals surface area (Å²) in [6, 6.07) is 13.8. The highest BCUT2D eigenvalue weighted by Crippen LogP contribution is 2.30. The van der Waals surface area contributed by atoms with E-state index in [9.17, 15) is 4.79 Å². The molecule has 1 aliphatic carbocycles. The van der Waals surface area contributed by atoms with Crippen molar-refractivity contribution >= 4 is 22.4 Å². The monoisotopic (exact) mass is 394 g/mol. The van der Waals surface area contributed by atoms with E-state index < -0.39 is 0 Å². The second kappa shape index (κ2) is 8.44. The smallest absolute Gasteiger partial charge is 0.264 e. The van der Waals surface area contributed by atoms with Crippen LogP contribution in [0.15, 0.2) is 47.8 Å². The Balaban J connectivity index is 1.38. The summed E-state index contributed by atoms with van der Waals surface area (Å²) in [6.45, 7) is -0.103. The van der Waals surface area contributed by atoms with E-state index in [1.165, 1.54) is 41.7 Å². The lowest BCUT2D eigenvalue weighted by atomic mass is 9.90. The summed E-state index contributed by atoms with van der Waals surface area (Å²) >= 11 is 1.42. The van der Waals surface area contributed by atoms with Crippen molar-refractivity contribution in [2.24, 2.45) is 0 Å². The molecule has 3 aromatic rings. The number of thiazole rings is 1. The molecule has 1 aliphatic rings. The zero-order chi connectivity index (χ0) is 19.3. The maximum absolute atomic E-state index is 12.2. The minimum Gasteiger partial charge on any atom is -0.493 e. The standard InChI is InChI=1S/C22H22N2O3S/c1-26-19-8-4-5-9-20(19)27-13-21(25)24-22-23-18(14-28-22)17-11-10-15-6-2-3-7-16(15)12-17/h4-5,8-12,14H,2-3,6-7,13H2,1H3,(H,23,24,25). The van der Waals surface area contributed by atoms with Crippen molar-refractivity contribution in [3.63, 3.8) is 0 Å². The number of carbonyl (C=O) groups excluding carboxylic acids is 1. The number of nitrogens with zero attached hydrogens (tertiary/aromatic N) is 1. The second-order valence-corrected chi connectivity index (χ2v) is 7.57. The first-order valence-electron chi connectivity index (χ1n) is 9.36. The SMILES string of the molecule is COc1ccccc1OCC(=O)Nc1nc(-c2ccc3c(c2)CCCC3)cs1. The normalized spacial score (nSPS) is 12.9. The summed E-state index contributed by atoms with van der Waals surface area (Å²) in [7, 11) is 1.57. The first kappa shape index (κ1) is 18.5. The third kappa shape index (κ3) is 4.17. The molecule has 0 atom stereocenters. The fourth-order valence-electron chi connectivity index (χ4n) is 3.39. The van der Waals surface area contributed by atoms with Crippen molar-refractivity contribution in [2.45, 2.75) is 25.7 Å². The van der Waals surface area contributed by atoms with E-state index in [4.69, 9.17) is 9.47 Å². The number of aromatic nitrogens is 1. The number of aryl methyl sites for hydroxylation is 2. The van der Waals surface area contributed by atoms with Crippen molar-refractivity contribution in [3.05, 3.63) is 59.0 Å². The van der Waals surface area contributed by atoms with Crippen LogP contribution in [-0.2, 0) is 17.6 Å². The summed E-state index contributed by atoms with van der Waals surface area (Å²) in [4.78, 5) is 16.8. The summed E-state index contributed by atoms with van der Waals surface area (Å²) in [5, 5.41) is 5.35. The predicted molar refractivity (Wildman–Crippen MR) is 111 cm³/mol. The Morgan fingerprint density at radius 3 is 2.71 bits per heavy atom. The van der Waals surface area contributed by atoms with Gasteiger partial charge in [-0.2, -0.15) is 0 Å². The maximum Gasteiger partial charge on any atom is 0.264 e. The van der Waals surface area contributed by atoms with Gasteiger partial charge in [0.05, 0.1) is 12.8 Å². The number of methoxy groups -OCH3 is 1. The molecule has 0 aliphatic heterocycles. The second-order valence-electron chi connectivity index (χ2n) is 6.72. The molecule has 0 fully saturated rings. The zero-order valence-electron chi connectivity index (χ0n) is 15.7. The van der Waals surface area contributed by atoms with E-state index in [1.54, 1.807) is 19.2 Å². The molecular formula is C22H22N2O3S. The van der Waals surface area contributed by atoms with Gasteiger partial charge in [0.15, 0.2) is 23.2 Å². The minimum absolute atomic E-state index is 0.103. The summed E-state index contributed by atoms with van der Waals surface area (Å²) < 4.78 is 10.8. The molecule has 0 unspecified atom stereocenters. The largest absolute Gasteiger partial charge is 0.493 e. The lowest BCUT2D eigenvalue weighted by Gasteiger charge is -2.16. The molecule has 0 saturated carbocycles. The van der Waals surface area contributed by atoms with E-state index in [0.717, 1.165) is 17.7 Å². The quantitative estimate of drug-likeness (QED) is 0.657. The van der Waals surface area contributed by atoms with Gasteiger partial charge in [0, 0.05) is 10.9 Å². The van der Waals surface area contributed by atoms with Crippen LogP contribution in [0.3, 0.4) is 0 Å². The van der Waals surface area contributed by atoms with E-state index in [2.05, 4.69) is 28.5 Å². The van der Waals surface area contributed by atoms with Crippen LogP contribution in [0.25, 0.3) is 11.3 Å². The van der Waals surface area contributed by atoms with Crippen LogP contribution in [0.5, 0.6) is 11.5 Å². The van der Waals surface area contributed by atoms with Crippen LogP contribution in [0, 0.1) is 0 Å². The third-order valence-corrected chi connectivity index (χ3v) is 5.58. The van der Waals surface area contributed by atoms with E-state index in [-0.39, 0.29) is 12.5 Å². The molecule has 1 aromatic heterocycles. The number of hydrogen-bond donors (Lipinski definition) is 1. The predicted octanol–water partition coefficient (Wildman–Crippen LogP) is 4.72. The molecule has 4 rings (SSSR count). The van der Waals surface area contributed by atoms with Gasteiger partial charge in [-0.15, -0.1) is 11.3 Å². The highest BCUT2D eigenvalue weighted by molar-refractivity contribution is 7.14. The Kier molecular flexibility index (Phi) is 5.58. The van der Waals surface area contributed by atoms with Crippen LogP contribution < -0.4 is 14.8 Å². The van der Waals surface area contributed by atoms with Gasteiger partial charge in [0.1, 0.15) is 0 Å². The van der Waals surface area contributed by atoms with Crippen LogP contribution >= 0.6 is 11.3 Å². The van der Waals surface area contributed by atoms with E-state index in [1.807, 2.05) is 17.5 Å². The Bertz CT molecular complexity index is 983. The molecule has 1 amide bonds. The Hall–Kier alpha value is -2.86. The number of anilines is 1. The number of benzene rings is 2. The molecule has 28 heavy (non-hydrogen) atoms. The molecule has 2 aromatic carbocycles. The van der Waals surface area contributed by atoms with Crippen molar-refractivity contribution in [1.82, 2.24) is 4.98 Å². The lowest BCUT2D eigenvalue weighted by molar-refractivity contribution is -0.118. The number of amides is 1. The van der Waals surface area contributed by atoms with Gasteiger partial charge in [-0.05, 0) is 55.0 Å². The molecule has 0 radical (unpaired) electrons. The van der Waals surface area contributed by atoms with Crippen molar-refractivity contribution < 1.29 is 14.3 Å². The maximum atomic E-state index is 12.2. The summed E-state index contributed by atoms with van der Waals surface area (Å²) in [6.07, 6.45) is 4.83. The first-order valence-corrected chi connectivity index (χ1v) is 10.2. The van der Waals surface area contributed by atoms with Gasteiger partial charge < -0.3 is 9.47 Å². The molecular weight excluding hydrogens is 372 g/mol.